The first-order valence-electron chi connectivity index (χ1n) is 7.37. The summed E-state index contributed by atoms with van der Waals surface area (Å²) in [5.74, 6) is -1.27. The molecule has 1 unspecified atom stereocenters. The van der Waals surface area contributed by atoms with Crippen LogP contribution in [0.25, 0.3) is 0 Å². The molecular weight excluding hydrogens is 302 g/mol. The number of carbonyl (C=O) groups is 3. The lowest BCUT2D eigenvalue weighted by molar-refractivity contribution is -0.145. The third-order valence-corrected chi connectivity index (χ3v) is 2.93. The van der Waals surface area contributed by atoms with Crippen LogP contribution in [0, 0.1) is 0 Å². The average Bonchev–Trinajstić information content (AvgIpc) is 2.58. The van der Waals surface area contributed by atoms with Crippen molar-refractivity contribution in [3.8, 4) is 0 Å². The van der Waals surface area contributed by atoms with Crippen LogP contribution in [0.5, 0.6) is 0 Å². The van der Waals surface area contributed by atoms with E-state index in [1.165, 1.54) is 0 Å². The van der Waals surface area contributed by atoms with Gasteiger partial charge in [0.15, 0.2) is 18.4 Å². The molecule has 23 heavy (non-hydrogen) atoms. The summed E-state index contributed by atoms with van der Waals surface area (Å²) in [5.41, 5.74) is 0.410. The van der Waals surface area contributed by atoms with Crippen LogP contribution in [0.2, 0.25) is 0 Å². The molecule has 0 aliphatic rings. The highest BCUT2D eigenvalue weighted by molar-refractivity contribution is 5.98. The number of alkyl carbamates (subject to hydrolysis) is 1. The molecule has 1 aromatic rings. The van der Waals surface area contributed by atoms with Crippen molar-refractivity contribution in [2.24, 2.45) is 0 Å². The first-order chi connectivity index (χ1) is 11.1. The highest BCUT2D eigenvalue weighted by Gasteiger charge is 2.23. The van der Waals surface area contributed by atoms with Crippen LogP contribution in [0.1, 0.15) is 30.1 Å². The Labute approximate surface area is 134 Å². The van der Waals surface area contributed by atoms with E-state index in [2.05, 4.69) is 5.32 Å². The fourth-order valence-electron chi connectivity index (χ4n) is 1.62. The van der Waals surface area contributed by atoms with Crippen LogP contribution in [0.4, 0.5) is 4.79 Å². The smallest absolute Gasteiger partial charge is 0.407 e. The first-order valence-corrected chi connectivity index (χ1v) is 7.37. The maximum absolute atomic E-state index is 11.8. The van der Waals surface area contributed by atoms with Crippen LogP contribution in [-0.4, -0.2) is 48.8 Å². The standard InChI is InChI=1S/C16H21NO6/c1-2-3-9-22-16(21)17-13(10-18)15(20)23-11-14(19)12-7-5-4-6-8-12/h4-8,13,18H,2-3,9-11H2,1H3,(H,17,21). The predicted octanol–water partition coefficient (Wildman–Crippen LogP) is 1.30. The van der Waals surface area contributed by atoms with Crippen molar-refractivity contribution in [2.45, 2.75) is 25.8 Å². The summed E-state index contributed by atoms with van der Waals surface area (Å²) in [5, 5.41) is 11.3. The minimum absolute atomic E-state index is 0.224. The number of amides is 1. The van der Waals surface area contributed by atoms with Gasteiger partial charge in [0.05, 0.1) is 13.2 Å². The largest absolute Gasteiger partial charge is 0.456 e. The zero-order chi connectivity index (χ0) is 17.1. The van der Waals surface area contributed by atoms with Crippen molar-refractivity contribution < 1.29 is 29.0 Å². The van der Waals surface area contributed by atoms with Crippen LogP contribution >= 0.6 is 0 Å². The predicted molar refractivity (Wildman–Crippen MR) is 82.0 cm³/mol. The van der Waals surface area contributed by atoms with Crippen LogP contribution in [0.15, 0.2) is 30.3 Å². The molecule has 1 rings (SSSR count). The molecular formula is C16H21NO6. The normalized spacial score (nSPS) is 11.4. The number of ketones is 1. The Morgan fingerprint density at radius 1 is 1.17 bits per heavy atom. The Kier molecular flexibility index (Phi) is 8.38. The lowest BCUT2D eigenvalue weighted by Gasteiger charge is -2.15. The fourth-order valence-corrected chi connectivity index (χ4v) is 1.62. The Hall–Kier alpha value is -2.41. The van der Waals surface area contributed by atoms with E-state index in [9.17, 15) is 14.4 Å². The maximum atomic E-state index is 11.8. The Bertz CT molecular complexity index is 517. The number of Topliss-reactive ketones (excluding diaryl/α,β-unsaturated/α-hetero) is 1. The molecule has 1 amide bonds. The molecule has 0 aliphatic carbocycles. The molecule has 0 spiro atoms. The molecule has 1 aromatic carbocycles. The Morgan fingerprint density at radius 3 is 2.48 bits per heavy atom. The van der Waals surface area contributed by atoms with Gasteiger partial charge in [-0.2, -0.15) is 0 Å². The van der Waals surface area contributed by atoms with E-state index in [0.29, 0.717) is 12.0 Å². The summed E-state index contributed by atoms with van der Waals surface area (Å²) in [6, 6.07) is 7.08. The van der Waals surface area contributed by atoms with Crippen molar-refractivity contribution in [1.82, 2.24) is 5.32 Å². The molecule has 0 bridgehead atoms. The number of rotatable bonds is 9. The van der Waals surface area contributed by atoms with E-state index >= 15 is 0 Å². The summed E-state index contributed by atoms with van der Waals surface area (Å²) in [4.78, 5) is 35.0. The third-order valence-electron chi connectivity index (χ3n) is 2.93. The quantitative estimate of drug-likeness (QED) is 0.403. The fraction of sp³-hybridized carbons (Fsp3) is 0.438. The van der Waals surface area contributed by atoms with Gasteiger partial charge in [0, 0.05) is 5.56 Å². The molecule has 0 radical (unpaired) electrons. The molecule has 7 heteroatoms. The van der Waals surface area contributed by atoms with Gasteiger partial charge >= 0.3 is 12.1 Å². The zero-order valence-electron chi connectivity index (χ0n) is 13.0. The van der Waals surface area contributed by atoms with Gasteiger partial charge in [-0.05, 0) is 6.42 Å². The second kappa shape index (κ2) is 10.3. The van der Waals surface area contributed by atoms with Crippen molar-refractivity contribution in [3.63, 3.8) is 0 Å². The molecule has 2 N–H and O–H groups in total. The second-order valence-electron chi connectivity index (χ2n) is 4.77. The van der Waals surface area contributed by atoms with E-state index in [-0.39, 0.29) is 12.4 Å². The summed E-state index contributed by atoms with van der Waals surface area (Å²) in [7, 11) is 0. The van der Waals surface area contributed by atoms with Gasteiger partial charge in [0.2, 0.25) is 0 Å². The summed E-state index contributed by atoms with van der Waals surface area (Å²) < 4.78 is 9.64. The number of unbranched alkanes of at least 4 members (excludes halogenated alkanes) is 1. The number of nitrogens with one attached hydrogen (secondary N) is 1. The lowest BCUT2D eigenvalue weighted by Crippen LogP contribution is -2.45. The SMILES string of the molecule is CCCCOC(=O)NC(CO)C(=O)OCC(=O)c1ccccc1. The number of aliphatic hydroxyl groups is 1. The van der Waals surface area contributed by atoms with Crippen molar-refractivity contribution in [3.05, 3.63) is 35.9 Å². The number of carbonyl (C=O) groups excluding carboxylic acids is 3. The minimum atomic E-state index is -1.27. The summed E-state index contributed by atoms with van der Waals surface area (Å²) >= 11 is 0. The van der Waals surface area contributed by atoms with Gasteiger partial charge in [0.25, 0.3) is 0 Å². The van der Waals surface area contributed by atoms with E-state index in [0.717, 1.165) is 6.42 Å². The van der Waals surface area contributed by atoms with E-state index in [1.54, 1.807) is 30.3 Å². The van der Waals surface area contributed by atoms with Crippen LogP contribution in [-0.2, 0) is 14.3 Å². The van der Waals surface area contributed by atoms with Gasteiger partial charge < -0.3 is 19.9 Å². The van der Waals surface area contributed by atoms with Crippen molar-refractivity contribution in [1.29, 1.82) is 0 Å². The number of aliphatic hydroxyl groups excluding tert-OH is 1. The van der Waals surface area contributed by atoms with Crippen LogP contribution in [0.3, 0.4) is 0 Å². The van der Waals surface area contributed by atoms with E-state index < -0.39 is 31.3 Å². The first kappa shape index (κ1) is 18.6. The van der Waals surface area contributed by atoms with Gasteiger partial charge in [-0.15, -0.1) is 0 Å². The molecule has 0 saturated heterocycles. The Balaban J connectivity index is 2.41. The zero-order valence-corrected chi connectivity index (χ0v) is 13.0. The van der Waals surface area contributed by atoms with Crippen molar-refractivity contribution >= 4 is 17.8 Å². The third kappa shape index (κ3) is 6.92. The van der Waals surface area contributed by atoms with E-state index in [4.69, 9.17) is 14.6 Å². The molecule has 0 saturated carbocycles. The molecule has 0 fully saturated rings. The highest BCUT2D eigenvalue weighted by Crippen LogP contribution is 2.01. The number of esters is 1. The monoisotopic (exact) mass is 323 g/mol. The summed E-state index contributed by atoms with van der Waals surface area (Å²) in [6.07, 6.45) is 0.747. The lowest BCUT2D eigenvalue weighted by atomic mass is 10.1. The van der Waals surface area contributed by atoms with Gasteiger partial charge in [-0.1, -0.05) is 43.7 Å². The van der Waals surface area contributed by atoms with Crippen molar-refractivity contribution in [2.75, 3.05) is 19.8 Å². The average molecular weight is 323 g/mol. The summed E-state index contributed by atoms with van der Waals surface area (Å²) in [6.45, 7) is 1.05. The molecule has 7 nitrogen and oxygen atoms in total. The minimum Gasteiger partial charge on any atom is -0.456 e. The molecule has 0 heterocycles. The molecule has 126 valence electrons. The van der Waals surface area contributed by atoms with E-state index in [1.807, 2.05) is 6.92 Å². The Morgan fingerprint density at radius 2 is 1.87 bits per heavy atom. The van der Waals surface area contributed by atoms with Crippen LogP contribution < -0.4 is 5.32 Å². The molecule has 0 aliphatic heterocycles. The number of ether oxygens (including phenoxy) is 2. The molecule has 1 atom stereocenters. The number of hydrogen-bond acceptors (Lipinski definition) is 6. The number of benzene rings is 1. The number of hydrogen-bond donors (Lipinski definition) is 2. The topological polar surface area (TPSA) is 102 Å². The van der Waals surface area contributed by atoms with Gasteiger partial charge in [-0.3, -0.25) is 4.79 Å². The highest BCUT2D eigenvalue weighted by atomic mass is 16.6. The van der Waals surface area contributed by atoms with Gasteiger partial charge in [-0.25, -0.2) is 9.59 Å². The second-order valence-corrected chi connectivity index (χ2v) is 4.77. The molecule has 0 aromatic heterocycles. The maximum Gasteiger partial charge on any atom is 0.407 e. The van der Waals surface area contributed by atoms with Gasteiger partial charge in [0.1, 0.15) is 0 Å².